The van der Waals surface area contributed by atoms with E-state index in [9.17, 15) is 14.4 Å². The molecule has 130 valence electrons. The first-order valence-electron chi connectivity index (χ1n) is 8.05. The molecule has 0 unspecified atom stereocenters. The third kappa shape index (κ3) is 4.97. The summed E-state index contributed by atoms with van der Waals surface area (Å²) in [6.45, 7) is 3.09. The van der Waals surface area contributed by atoms with E-state index >= 15 is 0 Å². The van der Waals surface area contributed by atoms with Crippen molar-refractivity contribution in [3.05, 3.63) is 29.8 Å². The summed E-state index contributed by atoms with van der Waals surface area (Å²) in [4.78, 5) is 37.2. The molecule has 0 atom stereocenters. The molecule has 0 spiro atoms. The molecule has 1 heterocycles. The van der Waals surface area contributed by atoms with Crippen LogP contribution >= 0.6 is 0 Å². The highest BCUT2D eigenvalue weighted by molar-refractivity contribution is 5.98. The number of amides is 2. The second kappa shape index (κ2) is 8.90. The Labute approximate surface area is 140 Å². The van der Waals surface area contributed by atoms with Gasteiger partial charge in [0.05, 0.1) is 12.2 Å². The number of esters is 1. The molecule has 0 saturated carbocycles. The van der Waals surface area contributed by atoms with Crippen LogP contribution in [0.15, 0.2) is 24.3 Å². The summed E-state index contributed by atoms with van der Waals surface area (Å²) in [6.07, 6.45) is 1.96. The van der Waals surface area contributed by atoms with Crippen molar-refractivity contribution in [1.82, 2.24) is 10.2 Å². The van der Waals surface area contributed by atoms with E-state index in [1.165, 1.54) is 0 Å². The molecule has 1 aliphatic heterocycles. The van der Waals surface area contributed by atoms with Gasteiger partial charge in [0.25, 0.3) is 11.8 Å². The van der Waals surface area contributed by atoms with Gasteiger partial charge in [-0.3, -0.25) is 14.4 Å². The Morgan fingerprint density at radius 1 is 1.17 bits per heavy atom. The highest BCUT2D eigenvalue weighted by Crippen LogP contribution is 2.17. The monoisotopic (exact) mass is 334 g/mol. The molecule has 0 aliphatic carbocycles. The Balaban J connectivity index is 1.77. The lowest BCUT2D eigenvalue weighted by atomic mass is 10.2. The Morgan fingerprint density at radius 2 is 1.88 bits per heavy atom. The van der Waals surface area contributed by atoms with Crippen molar-refractivity contribution in [3.8, 4) is 5.75 Å². The summed E-state index contributed by atoms with van der Waals surface area (Å²) >= 11 is 0. The number of nitrogens with one attached hydrogen (secondary N) is 1. The number of benzene rings is 1. The van der Waals surface area contributed by atoms with Crippen LogP contribution in [0.1, 0.15) is 30.1 Å². The molecule has 7 heteroatoms. The minimum absolute atomic E-state index is 0.200. The predicted molar refractivity (Wildman–Crippen MR) is 86.7 cm³/mol. The highest BCUT2D eigenvalue weighted by Gasteiger charge is 2.19. The third-order valence-electron chi connectivity index (χ3n) is 3.64. The van der Waals surface area contributed by atoms with Gasteiger partial charge in [-0.25, -0.2) is 0 Å². The number of para-hydroxylation sites is 1. The second-order valence-electron chi connectivity index (χ2n) is 5.36. The fourth-order valence-corrected chi connectivity index (χ4v) is 2.43. The second-order valence-corrected chi connectivity index (χ2v) is 5.36. The molecule has 2 amide bonds. The summed E-state index contributed by atoms with van der Waals surface area (Å²) in [5.41, 5.74) is 0.347. The molecule has 2 rings (SSSR count). The van der Waals surface area contributed by atoms with Crippen LogP contribution in [0.25, 0.3) is 0 Å². The van der Waals surface area contributed by atoms with E-state index in [0.29, 0.717) is 31.0 Å². The smallest absolute Gasteiger partial charge is 0.325 e. The van der Waals surface area contributed by atoms with E-state index in [-0.39, 0.29) is 19.1 Å². The van der Waals surface area contributed by atoms with E-state index in [1.807, 2.05) is 6.92 Å². The predicted octanol–water partition coefficient (Wildman–Crippen LogP) is 0.981. The number of nitrogens with zero attached hydrogens (tertiary/aromatic N) is 1. The van der Waals surface area contributed by atoms with Crippen LogP contribution in [0.5, 0.6) is 5.75 Å². The summed E-state index contributed by atoms with van der Waals surface area (Å²) in [6, 6.07) is 6.78. The molecular formula is C17H22N2O5. The first-order valence-corrected chi connectivity index (χ1v) is 8.05. The Hall–Kier alpha value is -2.57. The van der Waals surface area contributed by atoms with Gasteiger partial charge in [0.1, 0.15) is 12.3 Å². The fraction of sp³-hybridized carbons (Fsp3) is 0.471. The topological polar surface area (TPSA) is 84.9 Å². The van der Waals surface area contributed by atoms with E-state index in [0.717, 1.165) is 12.8 Å². The van der Waals surface area contributed by atoms with Crippen LogP contribution < -0.4 is 10.1 Å². The van der Waals surface area contributed by atoms with Gasteiger partial charge in [-0.15, -0.1) is 0 Å². The fourth-order valence-electron chi connectivity index (χ4n) is 2.43. The van der Waals surface area contributed by atoms with Crippen molar-refractivity contribution in [2.24, 2.45) is 0 Å². The quantitative estimate of drug-likeness (QED) is 0.752. The minimum Gasteiger partial charge on any atom is -0.493 e. The number of carbonyl (C=O) groups is 3. The number of hydrogen-bond donors (Lipinski definition) is 1. The molecule has 1 aromatic carbocycles. The molecule has 0 bridgehead atoms. The lowest BCUT2D eigenvalue weighted by Gasteiger charge is -2.15. The average molecular weight is 334 g/mol. The number of likely N-dealkylation sites (tertiary alicyclic amines) is 1. The number of rotatable bonds is 7. The van der Waals surface area contributed by atoms with E-state index in [2.05, 4.69) is 5.32 Å². The Kier molecular flexibility index (Phi) is 6.60. The zero-order valence-corrected chi connectivity index (χ0v) is 13.7. The number of hydrogen-bond acceptors (Lipinski definition) is 5. The molecule has 24 heavy (non-hydrogen) atoms. The minimum atomic E-state index is -0.648. The van der Waals surface area contributed by atoms with Crippen LogP contribution in [0, 0.1) is 0 Å². The zero-order chi connectivity index (χ0) is 17.4. The maximum absolute atomic E-state index is 12.1. The molecule has 0 aromatic heterocycles. The summed E-state index contributed by atoms with van der Waals surface area (Å²) in [5, 5.41) is 2.47. The van der Waals surface area contributed by atoms with Crippen LogP contribution in [-0.2, 0) is 14.3 Å². The first-order chi connectivity index (χ1) is 11.6. The van der Waals surface area contributed by atoms with Crippen LogP contribution in [-0.4, -0.2) is 55.5 Å². The molecular weight excluding hydrogens is 312 g/mol. The summed E-state index contributed by atoms with van der Waals surface area (Å²) in [5.74, 6) is -0.824. The Bertz CT molecular complexity index is 596. The van der Waals surface area contributed by atoms with Gasteiger partial charge in [-0.05, 0) is 31.9 Å². The van der Waals surface area contributed by atoms with Crippen molar-refractivity contribution in [1.29, 1.82) is 0 Å². The molecule has 1 aliphatic rings. The van der Waals surface area contributed by atoms with Crippen LogP contribution in [0.2, 0.25) is 0 Å². The largest absolute Gasteiger partial charge is 0.493 e. The zero-order valence-electron chi connectivity index (χ0n) is 13.7. The molecule has 1 saturated heterocycles. The van der Waals surface area contributed by atoms with Gasteiger partial charge in [0, 0.05) is 13.1 Å². The van der Waals surface area contributed by atoms with E-state index in [1.54, 1.807) is 29.2 Å². The van der Waals surface area contributed by atoms with Crippen molar-refractivity contribution in [2.45, 2.75) is 19.8 Å². The standard InChI is InChI=1S/C17H22N2O5/c1-2-23-14-8-4-3-7-13(14)17(22)18-11-16(21)24-12-15(20)19-9-5-6-10-19/h3-4,7-8H,2,5-6,9-12H2,1H3,(H,18,22). The van der Waals surface area contributed by atoms with E-state index < -0.39 is 11.9 Å². The van der Waals surface area contributed by atoms with Gasteiger partial charge in [-0.2, -0.15) is 0 Å². The van der Waals surface area contributed by atoms with Gasteiger partial charge >= 0.3 is 5.97 Å². The molecule has 7 nitrogen and oxygen atoms in total. The van der Waals surface area contributed by atoms with E-state index in [4.69, 9.17) is 9.47 Å². The number of carbonyl (C=O) groups excluding carboxylic acids is 3. The SMILES string of the molecule is CCOc1ccccc1C(=O)NCC(=O)OCC(=O)N1CCCC1. The van der Waals surface area contributed by atoms with Gasteiger partial charge in [-0.1, -0.05) is 12.1 Å². The maximum Gasteiger partial charge on any atom is 0.325 e. The third-order valence-corrected chi connectivity index (χ3v) is 3.64. The van der Waals surface area contributed by atoms with Crippen molar-refractivity contribution in [2.75, 3.05) is 32.8 Å². The van der Waals surface area contributed by atoms with Crippen molar-refractivity contribution >= 4 is 17.8 Å². The molecule has 1 aromatic rings. The maximum atomic E-state index is 12.1. The average Bonchev–Trinajstić information content (AvgIpc) is 3.13. The van der Waals surface area contributed by atoms with Gasteiger partial charge in [0.2, 0.25) is 0 Å². The van der Waals surface area contributed by atoms with Gasteiger partial charge < -0.3 is 19.7 Å². The molecule has 0 radical (unpaired) electrons. The van der Waals surface area contributed by atoms with Crippen molar-refractivity contribution < 1.29 is 23.9 Å². The summed E-state index contributed by atoms with van der Waals surface area (Å²) < 4.78 is 10.3. The van der Waals surface area contributed by atoms with Crippen molar-refractivity contribution in [3.63, 3.8) is 0 Å². The first kappa shape index (κ1) is 17.8. The molecule has 1 fully saturated rings. The van der Waals surface area contributed by atoms with Crippen LogP contribution in [0.3, 0.4) is 0 Å². The Morgan fingerprint density at radius 3 is 2.58 bits per heavy atom. The normalized spacial score (nSPS) is 13.5. The lowest BCUT2D eigenvalue weighted by Crippen LogP contribution is -2.35. The van der Waals surface area contributed by atoms with Gasteiger partial charge in [0.15, 0.2) is 6.61 Å². The number of ether oxygens (including phenoxy) is 2. The lowest BCUT2D eigenvalue weighted by molar-refractivity contribution is -0.150. The van der Waals surface area contributed by atoms with Crippen LogP contribution in [0.4, 0.5) is 0 Å². The summed E-state index contributed by atoms with van der Waals surface area (Å²) in [7, 11) is 0. The molecule has 1 N–H and O–H groups in total. The highest BCUT2D eigenvalue weighted by atomic mass is 16.5.